The minimum absolute atomic E-state index is 0.263. The number of rotatable bonds is 6. The minimum atomic E-state index is -0.263. The lowest BCUT2D eigenvalue weighted by Gasteiger charge is -2.44. The zero-order chi connectivity index (χ0) is 39.5. The van der Waals surface area contributed by atoms with Gasteiger partial charge in [-0.05, 0) is 109 Å². The molecule has 0 unspecified atom stereocenters. The van der Waals surface area contributed by atoms with Crippen LogP contribution >= 0.6 is 0 Å². The van der Waals surface area contributed by atoms with E-state index >= 15 is 0 Å². The Balaban J connectivity index is 1.11. The van der Waals surface area contributed by atoms with Gasteiger partial charge in [0, 0.05) is 33.4 Å². The van der Waals surface area contributed by atoms with Crippen LogP contribution in [0.3, 0.4) is 0 Å². The van der Waals surface area contributed by atoms with E-state index in [4.69, 9.17) is 0 Å². The first-order valence-electron chi connectivity index (χ1n) is 20.5. The maximum atomic E-state index is 2.55. The third-order valence-electron chi connectivity index (χ3n) is 12.4. The van der Waals surface area contributed by atoms with Crippen LogP contribution in [0.4, 0.5) is 34.1 Å². The van der Waals surface area contributed by atoms with E-state index < -0.39 is 0 Å². The molecule has 0 fully saturated rings. The van der Waals surface area contributed by atoms with Crippen molar-refractivity contribution in [1.29, 1.82) is 0 Å². The van der Waals surface area contributed by atoms with Gasteiger partial charge in [-0.15, -0.1) is 0 Å². The predicted octanol–water partition coefficient (Wildman–Crippen LogP) is 16.1. The highest BCUT2D eigenvalue weighted by molar-refractivity contribution is 6.08. The van der Waals surface area contributed by atoms with Crippen LogP contribution in [0, 0.1) is 0 Å². The van der Waals surface area contributed by atoms with Crippen LogP contribution in [0.2, 0.25) is 0 Å². The van der Waals surface area contributed by atoms with Gasteiger partial charge >= 0.3 is 0 Å². The van der Waals surface area contributed by atoms with Crippen molar-refractivity contribution in [3.8, 4) is 22.3 Å². The van der Waals surface area contributed by atoms with Crippen LogP contribution in [0.5, 0.6) is 0 Å². The van der Waals surface area contributed by atoms with E-state index in [-0.39, 0.29) is 5.41 Å². The van der Waals surface area contributed by atoms with Crippen molar-refractivity contribution < 1.29 is 0 Å². The Morgan fingerprint density at radius 1 is 0.373 bits per heavy atom. The Hall–Kier alpha value is -7.42. The maximum absolute atomic E-state index is 2.55. The third kappa shape index (κ3) is 5.79. The molecule has 10 aromatic rings. The van der Waals surface area contributed by atoms with Crippen LogP contribution in [-0.2, 0) is 5.41 Å². The van der Waals surface area contributed by atoms with Gasteiger partial charge in [-0.1, -0.05) is 178 Å². The van der Waals surface area contributed by atoms with Crippen molar-refractivity contribution >= 4 is 66.4 Å². The summed E-state index contributed by atoms with van der Waals surface area (Å²) in [6.45, 7) is 4.78. The van der Waals surface area contributed by atoms with Gasteiger partial charge in [-0.25, -0.2) is 0 Å². The second-order valence-corrected chi connectivity index (χ2v) is 16.2. The van der Waals surface area contributed by atoms with Crippen LogP contribution < -0.4 is 9.80 Å². The minimum Gasteiger partial charge on any atom is -0.310 e. The molecular weight excluding hydrogens is 713 g/mol. The predicted molar refractivity (Wildman–Crippen MR) is 251 cm³/mol. The number of fused-ring (bicyclic) bond motifs is 5. The molecule has 11 rings (SSSR count). The number of hydrogen-bond donors (Lipinski definition) is 0. The molecular formula is C57H42N2. The van der Waals surface area contributed by atoms with E-state index in [9.17, 15) is 0 Å². The molecule has 1 aliphatic heterocycles. The summed E-state index contributed by atoms with van der Waals surface area (Å²) >= 11 is 0. The second kappa shape index (κ2) is 13.9. The summed E-state index contributed by atoms with van der Waals surface area (Å²) in [6.07, 6.45) is 0. The van der Waals surface area contributed by atoms with E-state index in [0.717, 1.165) is 22.6 Å². The Bertz CT molecular complexity index is 3200. The van der Waals surface area contributed by atoms with E-state index in [2.05, 4.69) is 242 Å². The highest BCUT2D eigenvalue weighted by atomic mass is 15.2. The summed E-state index contributed by atoms with van der Waals surface area (Å²) in [4.78, 5) is 4.91. The first-order valence-corrected chi connectivity index (χ1v) is 20.5. The summed E-state index contributed by atoms with van der Waals surface area (Å²) in [6, 6.07) is 80.0. The molecule has 1 aliphatic rings. The number of benzene rings is 10. The lowest BCUT2D eigenvalue weighted by molar-refractivity contribution is 0.634. The molecule has 0 radical (unpaired) electrons. The van der Waals surface area contributed by atoms with Gasteiger partial charge in [0.1, 0.15) is 0 Å². The lowest BCUT2D eigenvalue weighted by atomic mass is 9.70. The highest BCUT2D eigenvalue weighted by Gasteiger charge is 2.39. The van der Waals surface area contributed by atoms with Gasteiger partial charge < -0.3 is 9.80 Å². The molecule has 59 heavy (non-hydrogen) atoms. The fourth-order valence-electron chi connectivity index (χ4n) is 9.54. The first-order chi connectivity index (χ1) is 29.0. The Morgan fingerprint density at radius 3 is 1.71 bits per heavy atom. The van der Waals surface area contributed by atoms with E-state index in [1.807, 2.05) is 0 Å². The van der Waals surface area contributed by atoms with Crippen molar-refractivity contribution in [2.75, 3.05) is 9.80 Å². The van der Waals surface area contributed by atoms with Crippen molar-refractivity contribution in [3.63, 3.8) is 0 Å². The Kier molecular flexibility index (Phi) is 8.20. The number of nitrogens with zero attached hydrogens (tertiary/aromatic N) is 2. The summed E-state index contributed by atoms with van der Waals surface area (Å²) in [5.74, 6) is 0. The summed E-state index contributed by atoms with van der Waals surface area (Å²) in [7, 11) is 0. The molecule has 280 valence electrons. The van der Waals surface area contributed by atoms with Crippen molar-refractivity contribution in [1.82, 2.24) is 0 Å². The molecule has 0 N–H and O–H groups in total. The van der Waals surface area contributed by atoms with Crippen molar-refractivity contribution in [2.45, 2.75) is 19.3 Å². The SMILES string of the molecule is CC1(C)c2ccccc2N(c2c(-c3ccc(N(c4ccccc4)c4ccc5ccccc5c4)cc3)ccc3ccccc23)c2cccc(-c3ccc4ccccc4c3)c21. The molecule has 0 saturated heterocycles. The molecule has 0 bridgehead atoms. The normalized spacial score (nSPS) is 13.0. The molecule has 0 aromatic heterocycles. The third-order valence-corrected chi connectivity index (χ3v) is 12.4. The van der Waals surface area contributed by atoms with E-state index in [1.54, 1.807) is 0 Å². The second-order valence-electron chi connectivity index (χ2n) is 16.2. The fourth-order valence-corrected chi connectivity index (χ4v) is 9.54. The van der Waals surface area contributed by atoms with Crippen LogP contribution in [0.15, 0.2) is 218 Å². The summed E-state index contributed by atoms with van der Waals surface area (Å²) < 4.78 is 0. The molecule has 10 aromatic carbocycles. The van der Waals surface area contributed by atoms with Gasteiger partial charge in [-0.3, -0.25) is 0 Å². The molecule has 0 amide bonds. The molecule has 0 atom stereocenters. The quantitative estimate of drug-likeness (QED) is 0.167. The largest absolute Gasteiger partial charge is 0.310 e. The summed E-state index contributed by atoms with van der Waals surface area (Å²) in [5, 5.41) is 7.38. The van der Waals surface area contributed by atoms with Crippen molar-refractivity contribution in [2.24, 2.45) is 0 Å². The van der Waals surface area contributed by atoms with E-state index in [1.165, 1.54) is 77.2 Å². The molecule has 2 nitrogen and oxygen atoms in total. The van der Waals surface area contributed by atoms with E-state index in [0.29, 0.717) is 0 Å². The van der Waals surface area contributed by atoms with Gasteiger partial charge in [0.05, 0.1) is 17.1 Å². The van der Waals surface area contributed by atoms with Gasteiger partial charge in [-0.2, -0.15) is 0 Å². The van der Waals surface area contributed by atoms with Crippen LogP contribution in [0.1, 0.15) is 25.0 Å². The highest BCUT2D eigenvalue weighted by Crippen LogP contribution is 2.57. The monoisotopic (exact) mass is 754 g/mol. The smallest absolute Gasteiger partial charge is 0.0618 e. The van der Waals surface area contributed by atoms with Gasteiger partial charge in [0.2, 0.25) is 0 Å². The molecule has 0 saturated carbocycles. The molecule has 0 aliphatic carbocycles. The van der Waals surface area contributed by atoms with Gasteiger partial charge in [0.25, 0.3) is 0 Å². The first kappa shape index (κ1) is 34.8. The van der Waals surface area contributed by atoms with Crippen molar-refractivity contribution in [3.05, 3.63) is 230 Å². The average Bonchev–Trinajstić information content (AvgIpc) is 3.29. The molecule has 2 heteroatoms. The molecule has 0 spiro atoms. The zero-order valence-corrected chi connectivity index (χ0v) is 33.2. The zero-order valence-electron chi connectivity index (χ0n) is 33.2. The van der Waals surface area contributed by atoms with Gasteiger partial charge in [0.15, 0.2) is 0 Å². The van der Waals surface area contributed by atoms with Crippen LogP contribution in [0.25, 0.3) is 54.6 Å². The Morgan fingerprint density at radius 2 is 0.932 bits per heavy atom. The maximum Gasteiger partial charge on any atom is 0.0618 e. The standard InChI is InChI=1S/C57H42N2/c1-57(2)52-24-12-13-25-53(52)59(54-26-14-23-49(55(54)57)45-28-27-39-15-6-8-18-43(39)37-45)56-50-22-11-10-17-41(50)32-36-51(56)42-30-33-47(34-31-42)58(46-20-4-3-5-21-46)48-35-29-40-16-7-9-19-44(40)38-48/h3-38H,1-2H3. The fraction of sp³-hybridized carbons (Fsp3) is 0.0526. The van der Waals surface area contributed by atoms with Crippen LogP contribution in [-0.4, -0.2) is 0 Å². The number of hydrogen-bond acceptors (Lipinski definition) is 2. The lowest BCUT2D eigenvalue weighted by Crippen LogP contribution is -2.31. The average molecular weight is 755 g/mol. The number of para-hydroxylation sites is 2. The topological polar surface area (TPSA) is 6.48 Å². The Labute approximate surface area is 345 Å². The number of anilines is 6. The summed E-state index contributed by atoms with van der Waals surface area (Å²) in [5.41, 5.74) is 14.2. The molecule has 1 heterocycles.